The van der Waals surface area contributed by atoms with Crippen molar-refractivity contribution in [3.8, 4) is 0 Å². The Morgan fingerprint density at radius 3 is 2.62 bits per heavy atom. The first-order chi connectivity index (χ1) is 11.4. The van der Waals surface area contributed by atoms with Crippen molar-refractivity contribution in [3.05, 3.63) is 23.3 Å². The van der Waals surface area contributed by atoms with E-state index in [1.165, 1.54) is 25.7 Å². The number of allylic oxidation sites excluding steroid dienone is 3. The molecule has 1 unspecified atom stereocenters. The van der Waals surface area contributed by atoms with Crippen molar-refractivity contribution in [1.29, 1.82) is 0 Å². The van der Waals surface area contributed by atoms with E-state index in [1.54, 1.807) is 11.1 Å². The minimum Gasteiger partial charge on any atom is -0.312 e. The molecule has 1 aliphatic rings. The van der Waals surface area contributed by atoms with E-state index < -0.39 is 0 Å². The van der Waals surface area contributed by atoms with Crippen LogP contribution in [0.3, 0.4) is 0 Å². The van der Waals surface area contributed by atoms with Crippen molar-refractivity contribution in [1.82, 2.24) is 10.2 Å². The first-order valence-corrected chi connectivity index (χ1v) is 10.2. The topological polar surface area (TPSA) is 15.3 Å². The van der Waals surface area contributed by atoms with Gasteiger partial charge in [0.2, 0.25) is 0 Å². The highest BCUT2D eigenvalue weighted by atomic mass is 15.1. The molecule has 0 aromatic heterocycles. The van der Waals surface area contributed by atoms with Crippen molar-refractivity contribution in [2.24, 2.45) is 11.3 Å². The lowest BCUT2D eigenvalue weighted by Crippen LogP contribution is -2.45. The van der Waals surface area contributed by atoms with Crippen LogP contribution in [-0.2, 0) is 0 Å². The van der Waals surface area contributed by atoms with Crippen molar-refractivity contribution >= 4 is 0 Å². The third-order valence-corrected chi connectivity index (χ3v) is 6.16. The average molecular weight is 335 g/mol. The minimum absolute atomic E-state index is 0.220. The lowest BCUT2D eigenvalue weighted by Gasteiger charge is -2.38. The molecule has 1 rings (SSSR count). The number of rotatable bonds is 10. The van der Waals surface area contributed by atoms with Crippen molar-refractivity contribution in [2.75, 3.05) is 26.7 Å². The Balaban J connectivity index is 2.85. The number of hydrogen-bond acceptors (Lipinski definition) is 2. The van der Waals surface area contributed by atoms with Crippen LogP contribution < -0.4 is 5.32 Å². The molecule has 1 aliphatic carbocycles. The predicted octanol–water partition coefficient (Wildman–Crippen LogP) is 5.42. The number of nitrogens with one attached hydrogen (secondary N) is 1. The molecule has 0 radical (unpaired) electrons. The normalized spacial score (nSPS) is 22.6. The zero-order valence-electron chi connectivity index (χ0n) is 17.4. The van der Waals surface area contributed by atoms with Crippen LogP contribution in [0.5, 0.6) is 0 Å². The van der Waals surface area contributed by atoms with Crippen molar-refractivity contribution < 1.29 is 0 Å². The van der Waals surface area contributed by atoms with Crippen LogP contribution >= 0.6 is 0 Å². The van der Waals surface area contributed by atoms with Gasteiger partial charge in [0.05, 0.1) is 0 Å². The molecule has 0 aromatic carbocycles. The zero-order chi connectivity index (χ0) is 18.2. The van der Waals surface area contributed by atoms with Gasteiger partial charge in [0.25, 0.3) is 0 Å². The molecule has 140 valence electrons. The van der Waals surface area contributed by atoms with E-state index in [9.17, 15) is 0 Å². The maximum atomic E-state index is 3.84. The van der Waals surface area contributed by atoms with Gasteiger partial charge < -0.3 is 10.2 Å². The Labute approximate surface area is 151 Å². The van der Waals surface area contributed by atoms with Gasteiger partial charge in [0, 0.05) is 24.5 Å². The van der Waals surface area contributed by atoms with Crippen LogP contribution in [0.25, 0.3) is 0 Å². The molecule has 1 N–H and O–H groups in total. The lowest BCUT2D eigenvalue weighted by atomic mass is 9.73. The first kappa shape index (κ1) is 21.4. The highest BCUT2D eigenvalue weighted by Gasteiger charge is 2.33. The van der Waals surface area contributed by atoms with Gasteiger partial charge in [0.15, 0.2) is 0 Å². The van der Waals surface area contributed by atoms with E-state index in [0.29, 0.717) is 12.0 Å². The summed E-state index contributed by atoms with van der Waals surface area (Å²) >= 11 is 0. The molecule has 0 saturated heterocycles. The molecule has 0 spiro atoms. The van der Waals surface area contributed by atoms with Crippen LogP contribution in [-0.4, -0.2) is 37.6 Å². The Morgan fingerprint density at radius 2 is 2.04 bits per heavy atom. The van der Waals surface area contributed by atoms with E-state index in [-0.39, 0.29) is 5.41 Å². The molecular weight excluding hydrogens is 292 g/mol. The van der Waals surface area contributed by atoms with Crippen LogP contribution in [0.4, 0.5) is 0 Å². The Kier molecular flexibility index (Phi) is 9.30. The fraction of sp³-hybridized carbons (Fsp3) is 0.818. The highest BCUT2D eigenvalue weighted by Crippen LogP contribution is 2.42. The molecule has 0 bridgehead atoms. The summed E-state index contributed by atoms with van der Waals surface area (Å²) in [5, 5.41) is 3.84. The second-order valence-corrected chi connectivity index (χ2v) is 8.02. The summed E-state index contributed by atoms with van der Waals surface area (Å²) < 4.78 is 0. The Hall–Kier alpha value is -0.600. The summed E-state index contributed by atoms with van der Waals surface area (Å²) in [5.74, 6) is 0.688. The largest absolute Gasteiger partial charge is 0.312 e. The first-order valence-electron chi connectivity index (χ1n) is 10.2. The van der Waals surface area contributed by atoms with Crippen LogP contribution in [0.1, 0.15) is 73.6 Å². The van der Waals surface area contributed by atoms with Gasteiger partial charge in [-0.05, 0) is 58.5 Å². The van der Waals surface area contributed by atoms with Gasteiger partial charge >= 0.3 is 0 Å². The Morgan fingerprint density at radius 1 is 1.33 bits per heavy atom. The molecule has 0 heterocycles. The second kappa shape index (κ2) is 10.4. The summed E-state index contributed by atoms with van der Waals surface area (Å²) in [5.41, 5.74) is 3.57. The molecule has 24 heavy (non-hydrogen) atoms. The summed E-state index contributed by atoms with van der Waals surface area (Å²) in [6, 6.07) is 0.548. The molecule has 2 atom stereocenters. The monoisotopic (exact) mass is 334 g/mol. The average Bonchev–Trinajstić information content (AvgIpc) is 3.03. The number of hydrogen-bond donors (Lipinski definition) is 1. The summed E-state index contributed by atoms with van der Waals surface area (Å²) in [7, 11) is 2.20. The summed E-state index contributed by atoms with van der Waals surface area (Å²) in [6.45, 7) is 17.4. The predicted molar refractivity (Wildman–Crippen MR) is 109 cm³/mol. The van der Waals surface area contributed by atoms with Gasteiger partial charge in [-0.1, -0.05) is 57.9 Å². The van der Waals surface area contributed by atoms with Gasteiger partial charge in [-0.2, -0.15) is 0 Å². The summed E-state index contributed by atoms with van der Waals surface area (Å²) in [6.07, 6.45) is 11.1. The van der Waals surface area contributed by atoms with E-state index in [0.717, 1.165) is 26.1 Å². The van der Waals surface area contributed by atoms with Crippen molar-refractivity contribution in [2.45, 2.75) is 79.7 Å². The molecule has 0 amide bonds. The minimum atomic E-state index is 0.220. The molecule has 1 saturated carbocycles. The molecule has 1 fully saturated rings. The van der Waals surface area contributed by atoms with Gasteiger partial charge in [-0.15, -0.1) is 0 Å². The lowest BCUT2D eigenvalue weighted by molar-refractivity contribution is 0.261. The van der Waals surface area contributed by atoms with Crippen LogP contribution in [0.2, 0.25) is 0 Å². The fourth-order valence-corrected chi connectivity index (χ4v) is 4.02. The van der Waals surface area contributed by atoms with Gasteiger partial charge in [-0.3, -0.25) is 0 Å². The maximum Gasteiger partial charge on any atom is 0.0153 e. The summed E-state index contributed by atoms with van der Waals surface area (Å²) in [4.78, 5) is 2.38. The van der Waals surface area contributed by atoms with Crippen molar-refractivity contribution in [3.63, 3.8) is 0 Å². The molecule has 2 nitrogen and oxygen atoms in total. The third kappa shape index (κ3) is 5.74. The number of nitrogens with zero attached hydrogens (tertiary/aromatic N) is 1. The van der Waals surface area contributed by atoms with Crippen LogP contribution in [0, 0.1) is 11.3 Å². The third-order valence-electron chi connectivity index (χ3n) is 6.16. The van der Waals surface area contributed by atoms with Gasteiger partial charge in [-0.25, -0.2) is 0 Å². The highest BCUT2D eigenvalue weighted by molar-refractivity contribution is 5.28. The van der Waals surface area contributed by atoms with E-state index in [2.05, 4.69) is 71.0 Å². The van der Waals surface area contributed by atoms with Crippen LogP contribution in [0.15, 0.2) is 23.3 Å². The smallest absolute Gasteiger partial charge is 0.0153 e. The SMILES string of the molecule is CCC=CC1CCC/C1=C(\C)C(C)(C)[C@H](CC)NCCN(C)CC. The van der Waals surface area contributed by atoms with E-state index >= 15 is 0 Å². The molecule has 0 aliphatic heterocycles. The quantitative estimate of drug-likeness (QED) is 0.537. The maximum absolute atomic E-state index is 3.84. The second-order valence-electron chi connectivity index (χ2n) is 8.02. The number of likely N-dealkylation sites (N-methyl/N-ethyl adjacent to an activating group) is 1. The zero-order valence-corrected chi connectivity index (χ0v) is 17.4. The molecular formula is C22H42N2. The van der Waals surface area contributed by atoms with E-state index in [4.69, 9.17) is 0 Å². The van der Waals surface area contributed by atoms with Gasteiger partial charge in [0.1, 0.15) is 0 Å². The molecule has 0 aromatic rings. The Bertz CT molecular complexity index is 420. The standard InChI is InChI=1S/C22H42N2/c1-8-11-13-19-14-12-15-20(19)18(4)22(5,6)21(9-2)23-16-17-24(7)10-3/h11,13,19,21,23H,8-10,12,14-17H2,1-7H3/b13-11?,20-18-/t19?,21-/m0/s1. The van der Waals surface area contributed by atoms with E-state index in [1.807, 2.05) is 0 Å². The molecule has 2 heteroatoms. The fourth-order valence-electron chi connectivity index (χ4n) is 4.02.